The molecule has 6 nitrogen and oxygen atoms in total. The third-order valence-electron chi connectivity index (χ3n) is 3.71. The molecule has 23 heavy (non-hydrogen) atoms. The number of carboxylic acid groups (broad SMARTS) is 1. The molecule has 0 bridgehead atoms. The summed E-state index contributed by atoms with van der Waals surface area (Å²) in [5, 5.41) is 9.73. The molecule has 0 saturated carbocycles. The average Bonchev–Trinajstić information content (AvgIpc) is 2.94. The van der Waals surface area contributed by atoms with Gasteiger partial charge in [-0.25, -0.2) is 9.59 Å². The number of benzene rings is 1. The van der Waals surface area contributed by atoms with Gasteiger partial charge in [0.2, 0.25) is 0 Å². The zero-order chi connectivity index (χ0) is 17.1. The van der Waals surface area contributed by atoms with E-state index in [9.17, 15) is 14.7 Å². The van der Waals surface area contributed by atoms with Crippen LogP contribution >= 0.6 is 0 Å². The number of carboxylic acids is 1. The summed E-state index contributed by atoms with van der Waals surface area (Å²) in [5.41, 5.74) is -1.26. The second kappa shape index (κ2) is 6.58. The Bertz CT molecular complexity index is 558. The van der Waals surface area contributed by atoms with Gasteiger partial charge >= 0.3 is 12.1 Å². The predicted molar refractivity (Wildman–Crippen MR) is 84.0 cm³/mol. The molecule has 0 aromatic heterocycles. The summed E-state index contributed by atoms with van der Waals surface area (Å²) >= 11 is 0. The van der Waals surface area contributed by atoms with Crippen LogP contribution in [0.2, 0.25) is 0 Å². The smallest absolute Gasteiger partial charge is 0.411 e. The van der Waals surface area contributed by atoms with Gasteiger partial charge < -0.3 is 14.6 Å². The van der Waals surface area contributed by atoms with Crippen molar-refractivity contribution >= 4 is 12.1 Å². The van der Waals surface area contributed by atoms with E-state index in [4.69, 9.17) is 9.47 Å². The van der Waals surface area contributed by atoms with E-state index in [2.05, 4.69) is 0 Å². The minimum absolute atomic E-state index is 0.0333. The van der Waals surface area contributed by atoms with Crippen molar-refractivity contribution in [2.45, 2.75) is 44.9 Å². The van der Waals surface area contributed by atoms with Gasteiger partial charge in [-0.2, -0.15) is 0 Å². The van der Waals surface area contributed by atoms with Crippen molar-refractivity contribution in [3.8, 4) is 0 Å². The molecule has 0 radical (unpaired) electrons. The maximum atomic E-state index is 12.6. The van der Waals surface area contributed by atoms with E-state index in [1.165, 1.54) is 4.90 Å². The normalized spacial score (nSPS) is 21.0. The average molecular weight is 321 g/mol. The van der Waals surface area contributed by atoms with Gasteiger partial charge in [-0.05, 0) is 26.3 Å². The fourth-order valence-electron chi connectivity index (χ4n) is 2.52. The van der Waals surface area contributed by atoms with Gasteiger partial charge in [0, 0.05) is 13.0 Å². The molecule has 1 heterocycles. The summed E-state index contributed by atoms with van der Waals surface area (Å²) in [6.45, 7) is 5.69. The van der Waals surface area contributed by atoms with E-state index in [1.54, 1.807) is 20.8 Å². The first kappa shape index (κ1) is 17.3. The topological polar surface area (TPSA) is 76.1 Å². The molecular weight excluding hydrogens is 298 g/mol. The number of carbonyl (C=O) groups is 2. The highest BCUT2D eigenvalue weighted by Gasteiger charge is 2.51. The second-order valence-electron chi connectivity index (χ2n) is 6.69. The minimum Gasteiger partial charge on any atom is -0.479 e. The van der Waals surface area contributed by atoms with Crippen LogP contribution in [0.1, 0.15) is 32.8 Å². The summed E-state index contributed by atoms with van der Waals surface area (Å²) in [5.74, 6) is -1.07. The SMILES string of the molecule is CC(C)(C)OC(=O)N(Cc1ccccc1)C1(C(=O)O)CCOC1. The molecule has 1 atom stereocenters. The lowest BCUT2D eigenvalue weighted by molar-refractivity contribution is -0.151. The van der Waals surface area contributed by atoms with Crippen molar-refractivity contribution in [2.75, 3.05) is 13.2 Å². The molecule has 1 unspecified atom stereocenters. The molecule has 1 N–H and O–H groups in total. The molecule has 1 amide bonds. The van der Waals surface area contributed by atoms with Crippen LogP contribution < -0.4 is 0 Å². The van der Waals surface area contributed by atoms with Crippen LogP contribution in [0.4, 0.5) is 4.79 Å². The first-order chi connectivity index (χ1) is 10.7. The summed E-state index contributed by atoms with van der Waals surface area (Å²) in [4.78, 5) is 25.8. The number of hydrogen-bond acceptors (Lipinski definition) is 4. The van der Waals surface area contributed by atoms with E-state index >= 15 is 0 Å². The van der Waals surface area contributed by atoms with Crippen LogP contribution in [0.5, 0.6) is 0 Å². The predicted octanol–water partition coefficient (Wildman–Crippen LogP) is 2.67. The summed E-state index contributed by atoms with van der Waals surface area (Å²) < 4.78 is 10.7. The number of carbonyl (C=O) groups excluding carboxylic acids is 1. The lowest BCUT2D eigenvalue weighted by Crippen LogP contribution is -2.58. The number of nitrogens with zero attached hydrogens (tertiary/aromatic N) is 1. The molecule has 1 fully saturated rings. The monoisotopic (exact) mass is 321 g/mol. The molecule has 1 aromatic carbocycles. The largest absolute Gasteiger partial charge is 0.479 e. The fraction of sp³-hybridized carbons (Fsp3) is 0.529. The van der Waals surface area contributed by atoms with E-state index in [0.29, 0.717) is 6.61 Å². The molecule has 126 valence electrons. The van der Waals surface area contributed by atoms with Gasteiger partial charge in [0.15, 0.2) is 5.54 Å². The number of ether oxygens (including phenoxy) is 2. The van der Waals surface area contributed by atoms with Crippen molar-refractivity contribution in [2.24, 2.45) is 0 Å². The van der Waals surface area contributed by atoms with Gasteiger partial charge in [0.05, 0.1) is 13.2 Å². The summed E-state index contributed by atoms with van der Waals surface area (Å²) in [6.07, 6.45) is -0.400. The van der Waals surface area contributed by atoms with Crippen molar-refractivity contribution in [1.29, 1.82) is 0 Å². The van der Waals surface area contributed by atoms with Crippen LogP contribution in [0.25, 0.3) is 0 Å². The van der Waals surface area contributed by atoms with Gasteiger partial charge in [-0.1, -0.05) is 30.3 Å². The van der Waals surface area contributed by atoms with Crippen molar-refractivity contribution in [3.63, 3.8) is 0 Å². The molecular formula is C17H23NO5. The first-order valence-corrected chi connectivity index (χ1v) is 7.60. The Hall–Kier alpha value is -2.08. The molecule has 1 aliphatic rings. The van der Waals surface area contributed by atoms with Crippen LogP contribution in [0.15, 0.2) is 30.3 Å². The Morgan fingerprint density at radius 3 is 2.43 bits per heavy atom. The van der Waals surface area contributed by atoms with Gasteiger partial charge in [0.1, 0.15) is 5.60 Å². The number of aliphatic carboxylic acids is 1. The molecule has 6 heteroatoms. The van der Waals surface area contributed by atoms with Crippen molar-refractivity contribution < 1.29 is 24.2 Å². The number of rotatable bonds is 4. The van der Waals surface area contributed by atoms with Crippen molar-refractivity contribution in [1.82, 2.24) is 4.90 Å². The Morgan fingerprint density at radius 1 is 1.30 bits per heavy atom. The minimum atomic E-state index is -1.39. The second-order valence-corrected chi connectivity index (χ2v) is 6.69. The fourth-order valence-corrected chi connectivity index (χ4v) is 2.52. The lowest BCUT2D eigenvalue weighted by atomic mass is 9.96. The van der Waals surface area contributed by atoms with E-state index in [0.717, 1.165) is 5.56 Å². The quantitative estimate of drug-likeness (QED) is 0.922. The third kappa shape index (κ3) is 4.01. The van der Waals surface area contributed by atoms with Gasteiger partial charge in [-0.15, -0.1) is 0 Å². The molecule has 2 rings (SSSR count). The summed E-state index contributed by atoms with van der Waals surface area (Å²) in [6, 6.07) is 9.26. The van der Waals surface area contributed by atoms with E-state index in [1.807, 2.05) is 30.3 Å². The highest BCUT2D eigenvalue weighted by molar-refractivity contribution is 5.85. The molecule has 1 aromatic rings. The van der Waals surface area contributed by atoms with Crippen LogP contribution in [-0.4, -0.2) is 46.4 Å². The van der Waals surface area contributed by atoms with E-state index < -0.39 is 23.2 Å². The molecule has 1 saturated heterocycles. The van der Waals surface area contributed by atoms with Gasteiger partial charge in [-0.3, -0.25) is 4.90 Å². The van der Waals surface area contributed by atoms with Gasteiger partial charge in [0.25, 0.3) is 0 Å². The van der Waals surface area contributed by atoms with Crippen LogP contribution in [-0.2, 0) is 20.8 Å². The van der Waals surface area contributed by atoms with Crippen LogP contribution in [0, 0.1) is 0 Å². The zero-order valence-corrected chi connectivity index (χ0v) is 13.7. The zero-order valence-electron chi connectivity index (χ0n) is 13.7. The number of hydrogen-bond donors (Lipinski definition) is 1. The lowest BCUT2D eigenvalue weighted by Gasteiger charge is -2.37. The summed E-state index contributed by atoms with van der Waals surface area (Å²) in [7, 11) is 0. The maximum Gasteiger partial charge on any atom is 0.411 e. The third-order valence-corrected chi connectivity index (χ3v) is 3.71. The van der Waals surface area contributed by atoms with Crippen LogP contribution in [0.3, 0.4) is 0 Å². The maximum absolute atomic E-state index is 12.6. The standard InChI is InChI=1S/C17H23NO5/c1-16(2,3)23-15(21)18(11-13-7-5-4-6-8-13)17(14(19)20)9-10-22-12-17/h4-8H,9-12H2,1-3H3,(H,19,20). The van der Waals surface area contributed by atoms with Crippen molar-refractivity contribution in [3.05, 3.63) is 35.9 Å². The Kier molecular flexibility index (Phi) is 4.94. The Morgan fingerprint density at radius 2 is 1.96 bits per heavy atom. The molecule has 0 aliphatic carbocycles. The highest BCUT2D eigenvalue weighted by atomic mass is 16.6. The number of amides is 1. The first-order valence-electron chi connectivity index (χ1n) is 7.60. The highest BCUT2D eigenvalue weighted by Crippen LogP contribution is 2.30. The van der Waals surface area contributed by atoms with E-state index in [-0.39, 0.29) is 19.6 Å². The molecule has 1 aliphatic heterocycles. The molecule has 0 spiro atoms. The Balaban J connectivity index is 2.34. The Labute approximate surface area is 136 Å².